The number of methoxy groups -OCH3 is 1. The molecule has 2 bridgehead atoms. The number of nitrogens with zero attached hydrogens (tertiary/aromatic N) is 4. The van der Waals surface area contributed by atoms with Crippen molar-refractivity contribution in [2.45, 2.75) is 32.0 Å². The molecule has 3 aromatic rings. The number of primary amides is 1. The van der Waals surface area contributed by atoms with Crippen molar-refractivity contribution in [3.63, 3.8) is 0 Å². The zero-order chi connectivity index (χ0) is 28.0. The molecule has 0 radical (unpaired) electrons. The van der Waals surface area contributed by atoms with Gasteiger partial charge in [-0.2, -0.15) is 0 Å². The summed E-state index contributed by atoms with van der Waals surface area (Å²) >= 11 is 6.62. The minimum atomic E-state index is -0.304. The van der Waals surface area contributed by atoms with Gasteiger partial charge in [0.05, 0.1) is 41.6 Å². The number of hydrogen-bond acceptors (Lipinski definition) is 8. The Labute approximate surface area is 238 Å². The van der Waals surface area contributed by atoms with Gasteiger partial charge in [0.15, 0.2) is 5.65 Å². The molecule has 2 fully saturated rings. The van der Waals surface area contributed by atoms with Crippen LogP contribution in [0.4, 0.5) is 5.69 Å². The van der Waals surface area contributed by atoms with Crippen molar-refractivity contribution in [1.82, 2.24) is 24.8 Å². The third-order valence-corrected chi connectivity index (χ3v) is 8.77. The molecule has 1 amide bonds. The minimum absolute atomic E-state index is 0.134. The molecule has 1 saturated heterocycles. The lowest BCUT2D eigenvalue weighted by Gasteiger charge is -2.35. The SMILES string of the molecule is COc1cc(CN2CCN(C[C@H](C)O)CC2)ccc1-c1nc2ncc(Cl)c(N[C@H]3[C@@H](C(N)=O)[C@@H]4C=C[C@@H]3C4)c2[nH]1. The largest absolute Gasteiger partial charge is 0.496 e. The maximum absolute atomic E-state index is 12.3. The van der Waals surface area contributed by atoms with Crippen molar-refractivity contribution < 1.29 is 14.6 Å². The molecule has 0 spiro atoms. The summed E-state index contributed by atoms with van der Waals surface area (Å²) in [6.45, 7) is 7.18. The number of aromatic nitrogens is 3. The number of β-amino-alcohol motifs (C(OH)–C–C–N with tert-alkyl or cyclic N) is 1. The number of aromatic amines is 1. The van der Waals surface area contributed by atoms with Crippen LogP contribution >= 0.6 is 11.6 Å². The molecule has 10 nitrogen and oxygen atoms in total. The van der Waals surface area contributed by atoms with Crippen LogP contribution in [0.25, 0.3) is 22.6 Å². The summed E-state index contributed by atoms with van der Waals surface area (Å²) in [4.78, 5) is 29.6. The van der Waals surface area contributed by atoms with E-state index in [9.17, 15) is 9.90 Å². The third kappa shape index (κ3) is 5.16. The number of fused-ring (bicyclic) bond motifs is 3. The predicted molar refractivity (Wildman–Crippen MR) is 155 cm³/mol. The van der Waals surface area contributed by atoms with Crippen LogP contribution in [0.5, 0.6) is 5.75 Å². The average Bonchev–Trinajstić information content (AvgIpc) is 3.66. The van der Waals surface area contributed by atoms with Crippen molar-refractivity contribution in [3.8, 4) is 17.1 Å². The first-order valence-electron chi connectivity index (χ1n) is 13.9. The molecule has 0 unspecified atom stereocenters. The van der Waals surface area contributed by atoms with Crippen LogP contribution in [0, 0.1) is 17.8 Å². The second kappa shape index (κ2) is 11.0. The summed E-state index contributed by atoms with van der Waals surface area (Å²) in [6, 6.07) is 6.05. The number of carbonyl (C=O) groups excluding carboxylic acids is 1. The Morgan fingerprint density at radius 2 is 2.00 bits per heavy atom. The van der Waals surface area contributed by atoms with E-state index in [0.717, 1.165) is 62.6 Å². The van der Waals surface area contributed by atoms with Crippen LogP contribution in [0.2, 0.25) is 5.02 Å². The number of benzene rings is 1. The molecular formula is C29H36ClN7O3. The number of nitrogens with two attached hydrogens (primary N) is 1. The van der Waals surface area contributed by atoms with E-state index in [1.807, 2.05) is 13.0 Å². The lowest BCUT2D eigenvalue weighted by Crippen LogP contribution is -2.47. The Bertz CT molecular complexity index is 1430. The van der Waals surface area contributed by atoms with Crippen molar-refractivity contribution in [3.05, 3.63) is 47.1 Å². The number of amides is 1. The first-order valence-corrected chi connectivity index (χ1v) is 14.3. The maximum Gasteiger partial charge on any atom is 0.223 e. The zero-order valence-electron chi connectivity index (χ0n) is 22.8. The number of aliphatic hydroxyl groups is 1. The van der Waals surface area contributed by atoms with Gasteiger partial charge >= 0.3 is 0 Å². The molecule has 1 saturated carbocycles. The number of halogens is 1. The molecule has 3 aliphatic rings. The highest BCUT2D eigenvalue weighted by atomic mass is 35.5. The van der Waals surface area contributed by atoms with E-state index in [4.69, 9.17) is 27.1 Å². The van der Waals surface area contributed by atoms with E-state index in [1.54, 1.807) is 13.3 Å². The molecule has 6 rings (SSSR count). The van der Waals surface area contributed by atoms with E-state index >= 15 is 0 Å². The molecule has 11 heteroatoms. The van der Waals surface area contributed by atoms with Gasteiger partial charge in [0.25, 0.3) is 0 Å². The van der Waals surface area contributed by atoms with Crippen molar-refractivity contribution in [2.75, 3.05) is 45.2 Å². The topological polar surface area (TPSA) is 133 Å². The molecule has 5 N–H and O–H groups in total. The fourth-order valence-electron chi connectivity index (χ4n) is 6.57. The van der Waals surface area contributed by atoms with Crippen LogP contribution in [-0.4, -0.2) is 87.7 Å². The Morgan fingerprint density at radius 3 is 2.73 bits per heavy atom. The van der Waals surface area contributed by atoms with Gasteiger partial charge in [0, 0.05) is 45.3 Å². The number of pyridine rings is 1. The van der Waals surface area contributed by atoms with Gasteiger partial charge in [0.2, 0.25) is 5.91 Å². The summed E-state index contributed by atoms with van der Waals surface area (Å²) in [7, 11) is 1.66. The number of anilines is 1. The molecule has 2 aliphatic carbocycles. The molecule has 2 aromatic heterocycles. The number of ether oxygens (including phenoxy) is 1. The molecule has 1 aliphatic heterocycles. The number of rotatable bonds is 9. The van der Waals surface area contributed by atoms with E-state index in [1.165, 1.54) is 0 Å². The molecule has 3 heterocycles. The maximum atomic E-state index is 12.3. The molecule has 5 atom stereocenters. The van der Waals surface area contributed by atoms with E-state index < -0.39 is 0 Å². The van der Waals surface area contributed by atoms with E-state index in [-0.39, 0.29) is 35.8 Å². The standard InChI is InChI=1S/C29H36ClN7O3/c1-16(38)14-36-7-9-37(10-8-36)15-17-3-6-20(22(11-17)40-2)28-34-26-25(21(30)13-32-29(26)35-28)33-24-19-5-4-18(12-19)23(24)27(31)39/h3-6,11,13,16,18-19,23-24,38H,7-10,12,14-15H2,1-2H3,(H2,31,39)(H2,32,33,34,35)/t16-,18+,19+,23-,24+/m0/s1. The Hall–Kier alpha value is -3.18. The number of nitrogens with one attached hydrogen (secondary N) is 2. The van der Waals surface area contributed by atoms with Crippen molar-refractivity contribution >= 4 is 34.4 Å². The van der Waals surface area contributed by atoms with Crippen molar-refractivity contribution in [1.29, 1.82) is 0 Å². The van der Waals surface area contributed by atoms with E-state index in [2.05, 4.69) is 49.4 Å². The highest BCUT2D eigenvalue weighted by Crippen LogP contribution is 2.46. The summed E-state index contributed by atoms with van der Waals surface area (Å²) in [5.41, 5.74) is 9.64. The van der Waals surface area contributed by atoms with Crippen LogP contribution < -0.4 is 15.8 Å². The number of piperazine rings is 1. The van der Waals surface area contributed by atoms with Gasteiger partial charge in [0.1, 0.15) is 17.1 Å². The van der Waals surface area contributed by atoms with Crippen LogP contribution in [0.1, 0.15) is 18.9 Å². The van der Waals surface area contributed by atoms with Gasteiger partial charge in [-0.05, 0) is 42.9 Å². The first kappa shape index (κ1) is 27.0. The van der Waals surface area contributed by atoms with Gasteiger partial charge in [-0.1, -0.05) is 29.8 Å². The van der Waals surface area contributed by atoms with Gasteiger partial charge in [-0.25, -0.2) is 9.97 Å². The predicted octanol–water partition coefficient (Wildman–Crippen LogP) is 2.87. The zero-order valence-corrected chi connectivity index (χ0v) is 23.6. The van der Waals surface area contributed by atoms with Crippen LogP contribution in [-0.2, 0) is 11.3 Å². The first-order chi connectivity index (χ1) is 19.3. The smallest absolute Gasteiger partial charge is 0.223 e. The Morgan fingerprint density at radius 1 is 1.25 bits per heavy atom. The number of carbonyl (C=O) groups is 1. The number of allylic oxidation sites excluding steroid dienone is 1. The summed E-state index contributed by atoms with van der Waals surface area (Å²) in [5.74, 6) is 1.14. The van der Waals surface area contributed by atoms with Crippen LogP contribution in [0.15, 0.2) is 36.5 Å². The highest BCUT2D eigenvalue weighted by Gasteiger charge is 2.47. The normalized spacial score (nSPS) is 25.5. The second-order valence-electron chi connectivity index (χ2n) is 11.3. The number of H-pyrrole nitrogens is 1. The van der Waals surface area contributed by atoms with Crippen molar-refractivity contribution in [2.24, 2.45) is 23.5 Å². The third-order valence-electron chi connectivity index (χ3n) is 8.49. The van der Waals surface area contributed by atoms with Gasteiger partial charge < -0.3 is 25.9 Å². The van der Waals surface area contributed by atoms with Gasteiger partial charge in [-0.15, -0.1) is 0 Å². The van der Waals surface area contributed by atoms with E-state index in [0.29, 0.717) is 27.7 Å². The Kier molecular flexibility index (Phi) is 7.43. The quantitative estimate of drug-likeness (QED) is 0.291. The summed E-state index contributed by atoms with van der Waals surface area (Å²) in [6.07, 6.45) is 6.45. The lowest BCUT2D eigenvalue weighted by atomic mass is 9.88. The fraction of sp³-hybridized carbons (Fsp3) is 0.483. The van der Waals surface area contributed by atoms with Gasteiger partial charge in [-0.3, -0.25) is 14.6 Å². The molecular weight excluding hydrogens is 530 g/mol. The molecule has 40 heavy (non-hydrogen) atoms. The molecule has 212 valence electrons. The number of hydrogen-bond donors (Lipinski definition) is 4. The average molecular weight is 566 g/mol. The summed E-state index contributed by atoms with van der Waals surface area (Å²) in [5, 5.41) is 13.6. The fourth-order valence-corrected chi connectivity index (χ4v) is 6.77. The number of aliphatic hydroxyl groups excluding tert-OH is 1. The second-order valence-corrected chi connectivity index (χ2v) is 11.7. The summed E-state index contributed by atoms with van der Waals surface area (Å²) < 4.78 is 5.79. The number of imidazole rings is 1. The highest BCUT2D eigenvalue weighted by molar-refractivity contribution is 6.34. The molecule has 1 aromatic carbocycles. The monoisotopic (exact) mass is 565 g/mol. The van der Waals surface area contributed by atoms with Crippen LogP contribution in [0.3, 0.4) is 0 Å². The minimum Gasteiger partial charge on any atom is -0.496 e. The Balaban J connectivity index is 1.23. The lowest BCUT2D eigenvalue weighted by molar-refractivity contribution is -0.122.